The van der Waals surface area contributed by atoms with Crippen molar-refractivity contribution in [1.29, 1.82) is 0 Å². The molecule has 0 aromatic carbocycles. The van der Waals surface area contributed by atoms with Crippen molar-refractivity contribution in [3.63, 3.8) is 0 Å². The Labute approximate surface area is 91.6 Å². The Hall–Kier alpha value is -0.460. The third-order valence-electron chi connectivity index (χ3n) is 1.67. The summed E-state index contributed by atoms with van der Waals surface area (Å²) in [4.78, 5) is 3.97. The quantitative estimate of drug-likeness (QED) is 0.834. The normalized spacial score (nSPS) is 13.9. The van der Waals surface area contributed by atoms with Crippen molar-refractivity contribution in [3.05, 3.63) is 28.5 Å². The van der Waals surface area contributed by atoms with Gasteiger partial charge in [-0.05, 0) is 22.0 Å². The lowest BCUT2D eigenvalue weighted by atomic mass is 10.2. The Morgan fingerprint density at radius 1 is 1.64 bits per heavy atom. The largest absolute Gasteiger partial charge is 0.323 e. The molecule has 0 radical (unpaired) electrons. The van der Waals surface area contributed by atoms with Crippen LogP contribution in [0.4, 0.5) is 0 Å². The first-order chi connectivity index (χ1) is 6.40. The highest BCUT2D eigenvalue weighted by atomic mass is 79.9. The molecule has 0 aliphatic carbocycles. The molecule has 0 aliphatic heterocycles. The highest BCUT2D eigenvalue weighted by Crippen LogP contribution is 2.19. The van der Waals surface area contributed by atoms with Crippen molar-refractivity contribution in [2.24, 2.45) is 5.73 Å². The molecular weight excluding hydrogens is 268 g/mol. The topological polar surface area (TPSA) is 73.0 Å². The molecule has 1 aromatic rings. The second kappa shape index (κ2) is 4.37. The summed E-state index contributed by atoms with van der Waals surface area (Å²) in [6, 6.07) is 2.95. The highest BCUT2D eigenvalue weighted by molar-refractivity contribution is 9.10. The minimum Gasteiger partial charge on any atom is -0.323 e. The van der Waals surface area contributed by atoms with Crippen LogP contribution in [0.3, 0.4) is 0 Å². The fourth-order valence-electron chi connectivity index (χ4n) is 1.09. The molecule has 4 nitrogen and oxygen atoms in total. The number of nitrogens with two attached hydrogens (primary N) is 1. The zero-order valence-electron chi connectivity index (χ0n) is 7.64. The summed E-state index contributed by atoms with van der Waals surface area (Å²) in [5, 5.41) is 0. The number of nitrogens with zero attached hydrogens (tertiary/aromatic N) is 1. The van der Waals surface area contributed by atoms with E-state index in [1.807, 2.05) is 0 Å². The van der Waals surface area contributed by atoms with E-state index < -0.39 is 15.9 Å². The lowest BCUT2D eigenvalue weighted by Crippen LogP contribution is -2.21. The number of sulfone groups is 1. The number of hydrogen-bond acceptors (Lipinski definition) is 4. The maximum Gasteiger partial charge on any atom is 0.149 e. The van der Waals surface area contributed by atoms with Crippen molar-refractivity contribution in [3.8, 4) is 0 Å². The van der Waals surface area contributed by atoms with E-state index >= 15 is 0 Å². The molecule has 1 atom stereocenters. The summed E-state index contributed by atoms with van der Waals surface area (Å²) >= 11 is 3.22. The second-order valence-electron chi connectivity index (χ2n) is 3.08. The van der Waals surface area contributed by atoms with Crippen LogP contribution < -0.4 is 5.73 Å². The van der Waals surface area contributed by atoms with Crippen molar-refractivity contribution in [2.75, 3.05) is 12.0 Å². The summed E-state index contributed by atoms with van der Waals surface area (Å²) in [5.41, 5.74) is 6.44. The van der Waals surface area contributed by atoms with Crippen LogP contribution >= 0.6 is 15.9 Å². The first-order valence-corrected chi connectivity index (χ1v) is 6.79. The maximum atomic E-state index is 11.0. The lowest BCUT2D eigenvalue weighted by Gasteiger charge is -2.11. The van der Waals surface area contributed by atoms with Gasteiger partial charge in [0.2, 0.25) is 0 Å². The van der Waals surface area contributed by atoms with Gasteiger partial charge < -0.3 is 5.73 Å². The Morgan fingerprint density at radius 3 is 2.79 bits per heavy atom. The minimum atomic E-state index is -3.06. The zero-order valence-corrected chi connectivity index (χ0v) is 10.0. The molecule has 0 spiro atoms. The van der Waals surface area contributed by atoms with Gasteiger partial charge in [-0.2, -0.15) is 0 Å². The molecule has 1 heterocycles. The molecule has 14 heavy (non-hydrogen) atoms. The average Bonchev–Trinajstić information content (AvgIpc) is 2.01. The SMILES string of the molecule is CS(=O)(=O)C[C@@H](N)c1cccnc1Br. The van der Waals surface area contributed by atoms with E-state index in [2.05, 4.69) is 20.9 Å². The summed E-state index contributed by atoms with van der Waals surface area (Å²) in [6.45, 7) is 0. The van der Waals surface area contributed by atoms with Gasteiger partial charge in [0.25, 0.3) is 0 Å². The van der Waals surface area contributed by atoms with Gasteiger partial charge in [0.1, 0.15) is 14.4 Å². The Kier molecular flexibility index (Phi) is 3.63. The highest BCUT2D eigenvalue weighted by Gasteiger charge is 2.15. The lowest BCUT2D eigenvalue weighted by molar-refractivity contribution is 0.594. The first-order valence-electron chi connectivity index (χ1n) is 3.94. The fraction of sp³-hybridized carbons (Fsp3) is 0.375. The molecule has 0 bridgehead atoms. The first kappa shape index (κ1) is 11.6. The Morgan fingerprint density at radius 2 is 2.29 bits per heavy atom. The number of pyridine rings is 1. The van der Waals surface area contributed by atoms with Crippen LogP contribution in [0.15, 0.2) is 22.9 Å². The molecule has 2 N–H and O–H groups in total. The molecule has 0 saturated carbocycles. The summed E-state index contributed by atoms with van der Waals surface area (Å²) in [6.07, 6.45) is 2.78. The van der Waals surface area contributed by atoms with Gasteiger partial charge in [-0.15, -0.1) is 0 Å². The molecule has 0 amide bonds. The monoisotopic (exact) mass is 278 g/mol. The van der Waals surface area contributed by atoms with Crippen LogP contribution in [-0.2, 0) is 9.84 Å². The van der Waals surface area contributed by atoms with Crippen LogP contribution in [0.5, 0.6) is 0 Å². The smallest absolute Gasteiger partial charge is 0.149 e. The van der Waals surface area contributed by atoms with Gasteiger partial charge in [0.05, 0.1) is 5.75 Å². The van der Waals surface area contributed by atoms with E-state index in [4.69, 9.17) is 5.73 Å². The van der Waals surface area contributed by atoms with Crippen molar-refractivity contribution < 1.29 is 8.42 Å². The molecule has 1 rings (SSSR count). The molecule has 0 aliphatic rings. The Bertz CT molecular complexity index is 419. The van der Waals surface area contributed by atoms with Crippen molar-refractivity contribution in [2.45, 2.75) is 6.04 Å². The maximum absolute atomic E-state index is 11.0. The molecule has 0 unspecified atom stereocenters. The Balaban J connectivity index is 2.90. The molecule has 78 valence electrons. The van der Waals surface area contributed by atoms with Gasteiger partial charge in [0.15, 0.2) is 0 Å². The van der Waals surface area contributed by atoms with Gasteiger partial charge in [-0.25, -0.2) is 13.4 Å². The summed E-state index contributed by atoms with van der Waals surface area (Å²) in [5.74, 6) is -0.0721. The minimum absolute atomic E-state index is 0.0721. The second-order valence-corrected chi connectivity index (χ2v) is 6.02. The molecule has 1 aromatic heterocycles. The molecular formula is C8H11BrN2O2S. The van der Waals surface area contributed by atoms with Crippen molar-refractivity contribution in [1.82, 2.24) is 4.98 Å². The average molecular weight is 279 g/mol. The summed E-state index contributed by atoms with van der Waals surface area (Å²) in [7, 11) is -3.06. The van der Waals surface area contributed by atoms with E-state index in [-0.39, 0.29) is 5.75 Å². The van der Waals surface area contributed by atoms with Gasteiger partial charge in [-0.1, -0.05) is 6.07 Å². The molecule has 6 heteroatoms. The van der Waals surface area contributed by atoms with E-state index in [9.17, 15) is 8.42 Å². The van der Waals surface area contributed by atoms with Gasteiger partial charge >= 0.3 is 0 Å². The number of hydrogen-bond donors (Lipinski definition) is 1. The van der Waals surface area contributed by atoms with Gasteiger partial charge in [-0.3, -0.25) is 0 Å². The third-order valence-corrected chi connectivity index (χ3v) is 3.30. The predicted octanol–water partition coefficient (Wildman–Crippen LogP) is 0.888. The van der Waals surface area contributed by atoms with E-state index in [0.717, 1.165) is 6.26 Å². The van der Waals surface area contributed by atoms with E-state index in [0.29, 0.717) is 10.2 Å². The standard InChI is InChI=1S/C8H11BrN2O2S/c1-14(12,13)5-7(10)6-3-2-4-11-8(6)9/h2-4,7H,5,10H2,1H3/t7-/m1/s1. The summed E-state index contributed by atoms with van der Waals surface area (Å²) < 4.78 is 22.6. The van der Waals surface area contributed by atoms with Gasteiger partial charge in [0, 0.05) is 24.1 Å². The fourth-order valence-corrected chi connectivity index (χ4v) is 2.47. The van der Waals surface area contributed by atoms with Crippen molar-refractivity contribution >= 4 is 25.8 Å². The molecule has 0 saturated heterocycles. The van der Waals surface area contributed by atoms with E-state index in [1.165, 1.54) is 0 Å². The number of aromatic nitrogens is 1. The van der Waals surface area contributed by atoms with Crippen LogP contribution in [0, 0.1) is 0 Å². The van der Waals surface area contributed by atoms with Crippen LogP contribution in [0.1, 0.15) is 11.6 Å². The predicted molar refractivity (Wildman–Crippen MR) is 58.6 cm³/mol. The third kappa shape index (κ3) is 3.36. The molecule has 0 fully saturated rings. The number of halogens is 1. The number of rotatable bonds is 3. The van der Waals surface area contributed by atoms with Crippen LogP contribution in [0.2, 0.25) is 0 Å². The van der Waals surface area contributed by atoms with Crippen LogP contribution in [0.25, 0.3) is 0 Å². The van der Waals surface area contributed by atoms with Crippen LogP contribution in [-0.4, -0.2) is 25.4 Å². The van der Waals surface area contributed by atoms with E-state index in [1.54, 1.807) is 18.3 Å². The zero-order chi connectivity index (χ0) is 10.8.